The Balaban J connectivity index is 2.29. The van der Waals surface area contributed by atoms with Crippen molar-refractivity contribution in [3.05, 3.63) is 15.8 Å². The molecule has 0 bridgehead atoms. The molecule has 0 radical (unpaired) electrons. The molecule has 0 aliphatic heterocycles. The van der Waals surface area contributed by atoms with Crippen LogP contribution in [0.5, 0.6) is 0 Å². The van der Waals surface area contributed by atoms with Crippen LogP contribution in [0.3, 0.4) is 0 Å². The Kier molecular flexibility index (Phi) is 4.35. The van der Waals surface area contributed by atoms with Gasteiger partial charge >= 0.3 is 0 Å². The molecule has 1 aliphatic carbocycles. The molecular weight excluding hydrogens is 280 g/mol. The van der Waals surface area contributed by atoms with Crippen molar-refractivity contribution in [1.82, 2.24) is 4.72 Å². The molecule has 1 fully saturated rings. The Morgan fingerprint density at radius 1 is 1.37 bits per heavy atom. The summed E-state index contributed by atoms with van der Waals surface area (Å²) < 4.78 is 28.1. The fraction of sp³-hybridized carbons (Fsp3) is 0.692. The van der Waals surface area contributed by atoms with Crippen molar-refractivity contribution in [2.75, 3.05) is 0 Å². The zero-order valence-corrected chi connectivity index (χ0v) is 13.2. The fourth-order valence-electron chi connectivity index (χ4n) is 2.80. The Morgan fingerprint density at radius 2 is 2.00 bits per heavy atom. The molecule has 0 atom stereocenters. The first-order valence-corrected chi connectivity index (χ1v) is 9.05. The second kappa shape index (κ2) is 5.52. The molecule has 1 saturated carbocycles. The summed E-state index contributed by atoms with van der Waals surface area (Å²) in [6.07, 6.45) is 5.19. The number of rotatable bonds is 4. The van der Waals surface area contributed by atoms with Crippen LogP contribution in [0, 0.1) is 6.92 Å². The smallest absolute Gasteiger partial charge is 0.242 e. The highest BCUT2D eigenvalue weighted by Crippen LogP contribution is 2.32. The molecule has 3 N–H and O–H groups in total. The van der Waals surface area contributed by atoms with E-state index in [1.165, 1.54) is 17.8 Å². The SMILES string of the molecule is Cc1csc(CN)c1S(=O)(=O)NC1(C)CCCCC1. The van der Waals surface area contributed by atoms with Crippen molar-refractivity contribution in [1.29, 1.82) is 0 Å². The lowest BCUT2D eigenvalue weighted by molar-refractivity contribution is 0.294. The highest BCUT2D eigenvalue weighted by atomic mass is 32.2. The second-order valence-corrected chi connectivity index (χ2v) is 8.19. The van der Waals surface area contributed by atoms with Gasteiger partial charge in [0.05, 0.1) is 0 Å². The third-order valence-corrected chi connectivity index (χ3v) is 6.90. The Morgan fingerprint density at radius 3 is 2.58 bits per heavy atom. The number of nitrogens with one attached hydrogen (secondary N) is 1. The van der Waals surface area contributed by atoms with Gasteiger partial charge < -0.3 is 5.73 Å². The van der Waals surface area contributed by atoms with Crippen LogP contribution in [0.2, 0.25) is 0 Å². The molecule has 6 heteroatoms. The molecule has 4 nitrogen and oxygen atoms in total. The van der Waals surface area contributed by atoms with Crippen LogP contribution in [0.25, 0.3) is 0 Å². The van der Waals surface area contributed by atoms with Crippen molar-refractivity contribution in [2.24, 2.45) is 5.73 Å². The van der Waals surface area contributed by atoms with Crippen molar-refractivity contribution in [2.45, 2.75) is 62.9 Å². The maximum Gasteiger partial charge on any atom is 0.242 e. The molecule has 0 saturated heterocycles. The van der Waals surface area contributed by atoms with Crippen LogP contribution < -0.4 is 10.5 Å². The summed E-state index contributed by atoms with van der Waals surface area (Å²) in [6, 6.07) is 0. The summed E-state index contributed by atoms with van der Waals surface area (Å²) in [7, 11) is -3.47. The lowest BCUT2D eigenvalue weighted by Gasteiger charge is -2.34. The number of thiophene rings is 1. The maximum atomic E-state index is 12.6. The monoisotopic (exact) mass is 302 g/mol. The zero-order chi connectivity index (χ0) is 14.1. The minimum absolute atomic E-state index is 0.269. The van der Waals surface area contributed by atoms with E-state index in [0.717, 1.165) is 36.1 Å². The first-order chi connectivity index (χ1) is 8.88. The summed E-state index contributed by atoms with van der Waals surface area (Å²) in [4.78, 5) is 1.14. The number of nitrogens with two attached hydrogens (primary N) is 1. The summed E-state index contributed by atoms with van der Waals surface area (Å²) in [5, 5.41) is 1.86. The molecule has 108 valence electrons. The third kappa shape index (κ3) is 3.18. The van der Waals surface area contributed by atoms with Gasteiger partial charge in [-0.3, -0.25) is 0 Å². The molecule has 0 amide bonds. The number of sulfonamides is 1. The first-order valence-electron chi connectivity index (χ1n) is 6.69. The minimum atomic E-state index is -3.47. The van der Waals surface area contributed by atoms with Crippen molar-refractivity contribution in [3.8, 4) is 0 Å². The largest absolute Gasteiger partial charge is 0.326 e. The molecule has 0 aromatic carbocycles. The Bertz CT molecular complexity index is 543. The van der Waals surface area contributed by atoms with E-state index in [0.29, 0.717) is 4.90 Å². The lowest BCUT2D eigenvalue weighted by atomic mass is 9.84. The van der Waals surface area contributed by atoms with Gasteiger partial charge in [0.25, 0.3) is 0 Å². The molecule has 1 heterocycles. The van der Waals surface area contributed by atoms with E-state index in [-0.39, 0.29) is 12.1 Å². The summed E-state index contributed by atoms with van der Waals surface area (Å²) >= 11 is 1.42. The topological polar surface area (TPSA) is 72.2 Å². The van der Waals surface area contributed by atoms with Gasteiger partial charge in [0.15, 0.2) is 0 Å². The van der Waals surface area contributed by atoms with Crippen molar-refractivity contribution >= 4 is 21.4 Å². The van der Waals surface area contributed by atoms with Gasteiger partial charge in [-0.05, 0) is 37.6 Å². The van der Waals surface area contributed by atoms with Gasteiger partial charge in [-0.15, -0.1) is 11.3 Å². The average molecular weight is 302 g/mol. The molecule has 1 aromatic rings. The number of hydrogen-bond donors (Lipinski definition) is 2. The Hall–Kier alpha value is -0.430. The van der Waals surface area contributed by atoms with Crippen LogP contribution in [-0.2, 0) is 16.6 Å². The molecule has 1 aliphatic rings. The number of hydrogen-bond acceptors (Lipinski definition) is 4. The Labute approximate surface area is 119 Å². The minimum Gasteiger partial charge on any atom is -0.326 e. The zero-order valence-electron chi connectivity index (χ0n) is 11.5. The van der Waals surface area contributed by atoms with Gasteiger partial charge in [0.2, 0.25) is 10.0 Å². The van der Waals surface area contributed by atoms with Gasteiger partial charge in [-0.2, -0.15) is 0 Å². The quantitative estimate of drug-likeness (QED) is 0.897. The van der Waals surface area contributed by atoms with E-state index in [9.17, 15) is 8.42 Å². The van der Waals surface area contributed by atoms with Crippen LogP contribution >= 0.6 is 11.3 Å². The van der Waals surface area contributed by atoms with E-state index in [2.05, 4.69) is 4.72 Å². The van der Waals surface area contributed by atoms with E-state index >= 15 is 0 Å². The maximum absolute atomic E-state index is 12.6. The first kappa shape index (κ1) is 15.0. The van der Waals surface area contributed by atoms with Gasteiger partial charge in [0, 0.05) is 17.0 Å². The third-order valence-electron chi connectivity index (χ3n) is 3.78. The highest BCUT2D eigenvalue weighted by Gasteiger charge is 2.33. The molecule has 0 spiro atoms. The number of aryl methyl sites for hydroxylation is 1. The summed E-state index contributed by atoms with van der Waals surface area (Å²) in [5.74, 6) is 0. The van der Waals surface area contributed by atoms with E-state index in [4.69, 9.17) is 5.73 Å². The van der Waals surface area contributed by atoms with Gasteiger partial charge in [0.1, 0.15) is 4.90 Å². The molecule has 19 heavy (non-hydrogen) atoms. The van der Waals surface area contributed by atoms with Gasteiger partial charge in [-0.1, -0.05) is 19.3 Å². The highest BCUT2D eigenvalue weighted by molar-refractivity contribution is 7.89. The molecule has 1 aromatic heterocycles. The summed E-state index contributed by atoms with van der Waals surface area (Å²) in [5.41, 5.74) is 6.13. The van der Waals surface area contributed by atoms with E-state index in [1.807, 2.05) is 19.2 Å². The van der Waals surface area contributed by atoms with Crippen LogP contribution in [0.15, 0.2) is 10.3 Å². The normalized spacial score (nSPS) is 19.5. The van der Waals surface area contributed by atoms with Crippen molar-refractivity contribution in [3.63, 3.8) is 0 Å². The average Bonchev–Trinajstić information content (AvgIpc) is 2.70. The molecular formula is C13H22N2O2S2. The van der Waals surface area contributed by atoms with Crippen LogP contribution in [-0.4, -0.2) is 14.0 Å². The van der Waals surface area contributed by atoms with E-state index in [1.54, 1.807) is 0 Å². The fourth-order valence-corrected chi connectivity index (χ4v) is 5.97. The predicted molar refractivity (Wildman–Crippen MR) is 78.8 cm³/mol. The van der Waals surface area contributed by atoms with E-state index < -0.39 is 10.0 Å². The molecule has 2 rings (SSSR count). The van der Waals surface area contributed by atoms with Gasteiger partial charge in [-0.25, -0.2) is 13.1 Å². The molecule has 0 unspecified atom stereocenters. The van der Waals surface area contributed by atoms with Crippen LogP contribution in [0.1, 0.15) is 49.5 Å². The van der Waals surface area contributed by atoms with Crippen LogP contribution in [0.4, 0.5) is 0 Å². The standard InChI is InChI=1S/C13H22N2O2S2/c1-10-9-18-11(8-14)12(10)19(16,17)15-13(2)6-4-3-5-7-13/h9,15H,3-8,14H2,1-2H3. The second-order valence-electron chi connectivity index (χ2n) is 5.60. The lowest BCUT2D eigenvalue weighted by Crippen LogP contribution is -2.47. The summed E-state index contributed by atoms with van der Waals surface area (Å²) in [6.45, 7) is 4.10. The van der Waals surface area contributed by atoms with Crippen molar-refractivity contribution < 1.29 is 8.42 Å². The predicted octanol–water partition coefficient (Wildman–Crippen LogP) is 2.52.